The molecular formula is C12H19NOS. The van der Waals surface area contributed by atoms with Crippen molar-refractivity contribution in [2.75, 3.05) is 12.4 Å². The van der Waals surface area contributed by atoms with Crippen molar-refractivity contribution in [3.63, 3.8) is 0 Å². The maximum absolute atomic E-state index is 8.72. The molecule has 84 valence electrons. The van der Waals surface area contributed by atoms with E-state index in [1.165, 1.54) is 4.90 Å². The zero-order chi connectivity index (χ0) is 11.1. The molecule has 0 radical (unpaired) electrons. The summed E-state index contributed by atoms with van der Waals surface area (Å²) in [6.07, 6.45) is 1.61. The van der Waals surface area contributed by atoms with E-state index in [9.17, 15) is 0 Å². The van der Waals surface area contributed by atoms with Gasteiger partial charge in [-0.15, -0.1) is 11.8 Å². The van der Waals surface area contributed by atoms with Crippen LogP contribution in [0.5, 0.6) is 0 Å². The second kappa shape index (κ2) is 6.88. The van der Waals surface area contributed by atoms with Crippen LogP contribution in [-0.2, 0) is 0 Å². The quantitative estimate of drug-likeness (QED) is 0.731. The third-order valence-electron chi connectivity index (χ3n) is 2.29. The molecule has 1 aromatic rings. The van der Waals surface area contributed by atoms with E-state index in [1.54, 1.807) is 0 Å². The van der Waals surface area contributed by atoms with E-state index < -0.39 is 0 Å². The molecule has 0 heterocycles. The summed E-state index contributed by atoms with van der Waals surface area (Å²) in [4.78, 5) is 1.29. The lowest BCUT2D eigenvalue weighted by Gasteiger charge is -2.11. The lowest BCUT2D eigenvalue weighted by molar-refractivity contribution is 0.280. The van der Waals surface area contributed by atoms with E-state index in [2.05, 4.69) is 31.2 Å². The van der Waals surface area contributed by atoms with Crippen LogP contribution in [-0.4, -0.2) is 17.5 Å². The highest BCUT2D eigenvalue weighted by Crippen LogP contribution is 2.21. The van der Waals surface area contributed by atoms with Crippen LogP contribution in [0.2, 0.25) is 0 Å². The Morgan fingerprint density at radius 3 is 2.53 bits per heavy atom. The number of hydrogen-bond donors (Lipinski definition) is 2. The minimum atomic E-state index is 0.0535. The SMILES string of the molecule is CCSc1ccc(C(N)CCCO)cc1. The third kappa shape index (κ3) is 4.24. The first-order valence-corrected chi connectivity index (χ1v) is 6.35. The summed E-state index contributed by atoms with van der Waals surface area (Å²) in [5, 5.41) is 8.72. The van der Waals surface area contributed by atoms with E-state index in [0.717, 1.165) is 24.2 Å². The molecule has 0 amide bonds. The van der Waals surface area contributed by atoms with E-state index in [4.69, 9.17) is 10.8 Å². The first-order chi connectivity index (χ1) is 7.27. The van der Waals surface area contributed by atoms with Crippen molar-refractivity contribution in [2.45, 2.75) is 30.7 Å². The van der Waals surface area contributed by atoms with Crippen LogP contribution in [0.25, 0.3) is 0 Å². The van der Waals surface area contributed by atoms with Crippen LogP contribution in [0.3, 0.4) is 0 Å². The first kappa shape index (κ1) is 12.6. The Bertz CT molecular complexity index is 273. The third-order valence-corrected chi connectivity index (χ3v) is 3.19. The van der Waals surface area contributed by atoms with E-state index in [0.29, 0.717) is 0 Å². The van der Waals surface area contributed by atoms with Crippen LogP contribution >= 0.6 is 11.8 Å². The molecule has 0 aliphatic rings. The highest BCUT2D eigenvalue weighted by molar-refractivity contribution is 7.99. The largest absolute Gasteiger partial charge is 0.396 e. The van der Waals surface area contributed by atoms with Gasteiger partial charge in [-0.25, -0.2) is 0 Å². The van der Waals surface area contributed by atoms with Gasteiger partial charge in [0.25, 0.3) is 0 Å². The highest BCUT2D eigenvalue weighted by Gasteiger charge is 2.04. The minimum Gasteiger partial charge on any atom is -0.396 e. The molecule has 0 saturated heterocycles. The van der Waals surface area contributed by atoms with Gasteiger partial charge in [0.1, 0.15) is 0 Å². The Kier molecular flexibility index (Phi) is 5.76. The number of aliphatic hydroxyl groups is 1. The Balaban J connectivity index is 2.54. The van der Waals surface area contributed by atoms with Crippen LogP contribution in [0, 0.1) is 0 Å². The molecule has 0 aliphatic carbocycles. The van der Waals surface area contributed by atoms with E-state index in [1.807, 2.05) is 11.8 Å². The van der Waals surface area contributed by atoms with Crippen molar-refractivity contribution in [3.05, 3.63) is 29.8 Å². The van der Waals surface area contributed by atoms with Crippen molar-refractivity contribution in [1.82, 2.24) is 0 Å². The molecule has 1 atom stereocenters. The maximum atomic E-state index is 8.72. The van der Waals surface area contributed by atoms with Gasteiger partial charge in [0.05, 0.1) is 0 Å². The molecule has 15 heavy (non-hydrogen) atoms. The fourth-order valence-electron chi connectivity index (χ4n) is 1.46. The molecule has 0 bridgehead atoms. The van der Waals surface area contributed by atoms with Crippen LogP contribution in [0.1, 0.15) is 31.4 Å². The molecule has 0 spiro atoms. The van der Waals surface area contributed by atoms with Crippen molar-refractivity contribution >= 4 is 11.8 Å². The van der Waals surface area contributed by atoms with Gasteiger partial charge in [0, 0.05) is 17.5 Å². The molecule has 1 aromatic carbocycles. The van der Waals surface area contributed by atoms with Gasteiger partial charge in [-0.3, -0.25) is 0 Å². The van der Waals surface area contributed by atoms with Crippen LogP contribution in [0.4, 0.5) is 0 Å². The summed E-state index contributed by atoms with van der Waals surface area (Å²) >= 11 is 1.83. The molecule has 3 N–H and O–H groups in total. The van der Waals surface area contributed by atoms with Gasteiger partial charge in [-0.2, -0.15) is 0 Å². The average molecular weight is 225 g/mol. The van der Waals surface area contributed by atoms with Gasteiger partial charge >= 0.3 is 0 Å². The summed E-state index contributed by atoms with van der Waals surface area (Å²) in [7, 11) is 0. The Morgan fingerprint density at radius 2 is 2.00 bits per heavy atom. The number of hydrogen-bond acceptors (Lipinski definition) is 3. The summed E-state index contributed by atoms with van der Waals surface area (Å²) in [6.45, 7) is 2.36. The normalized spacial score (nSPS) is 12.7. The van der Waals surface area contributed by atoms with Gasteiger partial charge in [-0.1, -0.05) is 19.1 Å². The number of nitrogens with two attached hydrogens (primary N) is 1. The van der Waals surface area contributed by atoms with Gasteiger partial charge < -0.3 is 10.8 Å². The van der Waals surface area contributed by atoms with E-state index in [-0.39, 0.29) is 12.6 Å². The molecule has 0 fully saturated rings. The second-order valence-corrected chi connectivity index (χ2v) is 4.81. The number of thioether (sulfide) groups is 1. The molecule has 0 aliphatic heterocycles. The van der Waals surface area contributed by atoms with Crippen LogP contribution < -0.4 is 5.73 Å². The van der Waals surface area contributed by atoms with Crippen molar-refractivity contribution in [3.8, 4) is 0 Å². The molecule has 3 heteroatoms. The Morgan fingerprint density at radius 1 is 1.33 bits per heavy atom. The first-order valence-electron chi connectivity index (χ1n) is 5.37. The van der Waals surface area contributed by atoms with Crippen molar-refractivity contribution in [1.29, 1.82) is 0 Å². The topological polar surface area (TPSA) is 46.2 Å². The number of rotatable bonds is 6. The zero-order valence-electron chi connectivity index (χ0n) is 9.15. The Hall–Kier alpha value is -0.510. The number of benzene rings is 1. The monoisotopic (exact) mass is 225 g/mol. The van der Waals surface area contributed by atoms with Gasteiger partial charge in [0.15, 0.2) is 0 Å². The fraction of sp³-hybridized carbons (Fsp3) is 0.500. The summed E-state index contributed by atoms with van der Waals surface area (Å²) in [5.41, 5.74) is 7.14. The van der Waals surface area contributed by atoms with E-state index >= 15 is 0 Å². The smallest absolute Gasteiger partial charge is 0.0431 e. The molecular weight excluding hydrogens is 206 g/mol. The predicted molar refractivity (Wildman–Crippen MR) is 66.1 cm³/mol. The lowest BCUT2D eigenvalue weighted by atomic mass is 10.0. The van der Waals surface area contributed by atoms with Gasteiger partial charge in [0.2, 0.25) is 0 Å². The molecule has 1 unspecified atom stereocenters. The van der Waals surface area contributed by atoms with Crippen molar-refractivity contribution in [2.24, 2.45) is 5.73 Å². The zero-order valence-corrected chi connectivity index (χ0v) is 9.96. The minimum absolute atomic E-state index is 0.0535. The highest BCUT2D eigenvalue weighted by atomic mass is 32.2. The fourth-order valence-corrected chi connectivity index (χ4v) is 2.12. The summed E-state index contributed by atoms with van der Waals surface area (Å²) in [6, 6.07) is 8.45. The second-order valence-electron chi connectivity index (χ2n) is 3.47. The molecule has 2 nitrogen and oxygen atoms in total. The summed E-state index contributed by atoms with van der Waals surface area (Å²) < 4.78 is 0. The maximum Gasteiger partial charge on any atom is 0.0431 e. The average Bonchev–Trinajstić information content (AvgIpc) is 2.27. The molecule has 0 saturated carbocycles. The molecule has 0 aromatic heterocycles. The molecule has 1 rings (SSSR count). The van der Waals surface area contributed by atoms with Crippen LogP contribution in [0.15, 0.2) is 29.2 Å². The lowest BCUT2D eigenvalue weighted by Crippen LogP contribution is -2.10. The summed E-state index contributed by atoms with van der Waals surface area (Å²) in [5.74, 6) is 1.09. The van der Waals surface area contributed by atoms with Gasteiger partial charge in [-0.05, 0) is 36.3 Å². The predicted octanol–water partition coefficient (Wildman–Crippen LogP) is 2.57. The Labute approximate surface area is 95.9 Å². The number of aliphatic hydroxyl groups excluding tert-OH is 1. The van der Waals surface area contributed by atoms with Crippen molar-refractivity contribution < 1.29 is 5.11 Å². The standard InChI is InChI=1S/C12H19NOS/c1-2-15-11-7-5-10(6-8-11)12(13)4-3-9-14/h5-8,12,14H,2-4,9,13H2,1H3.